The van der Waals surface area contributed by atoms with Crippen LogP contribution in [0.4, 0.5) is 0 Å². The third-order valence-electron chi connectivity index (χ3n) is 10.2. The van der Waals surface area contributed by atoms with Crippen LogP contribution in [0, 0.1) is 13.8 Å². The molecule has 64 heavy (non-hydrogen) atoms. The highest BCUT2D eigenvalue weighted by molar-refractivity contribution is 7.92. The summed E-state index contributed by atoms with van der Waals surface area (Å²) in [6, 6.07) is 27.9. The fourth-order valence-corrected chi connectivity index (χ4v) is 10.6. The van der Waals surface area contributed by atoms with E-state index in [4.69, 9.17) is 14.2 Å². The van der Waals surface area contributed by atoms with E-state index in [1.807, 2.05) is 12.1 Å². The van der Waals surface area contributed by atoms with Crippen LogP contribution in [0.3, 0.4) is 0 Å². The van der Waals surface area contributed by atoms with Crippen molar-refractivity contribution in [3.63, 3.8) is 0 Å². The second kappa shape index (κ2) is 18.3. The summed E-state index contributed by atoms with van der Waals surface area (Å²) in [6.45, 7) is 7.18. The highest BCUT2D eigenvalue weighted by Gasteiger charge is 2.38. The number of fused-ring (bicyclic) bond motifs is 1. The molecule has 4 aromatic heterocycles. The van der Waals surface area contributed by atoms with Gasteiger partial charge in [-0.25, -0.2) is 36.2 Å². The Hall–Kier alpha value is -7.06. The number of methoxy groups -OCH3 is 3. The van der Waals surface area contributed by atoms with Gasteiger partial charge in [0.05, 0.1) is 51.0 Å². The van der Waals surface area contributed by atoms with Gasteiger partial charge < -0.3 is 14.2 Å². The van der Waals surface area contributed by atoms with E-state index in [-0.39, 0.29) is 36.6 Å². The van der Waals surface area contributed by atoms with Crippen LogP contribution in [0.2, 0.25) is 0 Å². The fraction of sp³-hybridized carbons (Fsp3) is 0.156. The van der Waals surface area contributed by atoms with Crippen molar-refractivity contribution in [1.82, 2.24) is 48.6 Å². The molecule has 0 aliphatic heterocycles. The number of rotatable bonds is 17. The molecule has 4 aromatic carbocycles. The molecule has 0 atom stereocenters. The van der Waals surface area contributed by atoms with Crippen molar-refractivity contribution in [3.8, 4) is 51.2 Å². The van der Waals surface area contributed by atoms with Gasteiger partial charge in [0.25, 0.3) is 0 Å². The van der Waals surface area contributed by atoms with E-state index in [9.17, 15) is 8.42 Å². The Morgan fingerprint density at radius 2 is 1.34 bits per heavy atom. The molecule has 0 spiro atoms. The fourth-order valence-electron chi connectivity index (χ4n) is 7.15. The van der Waals surface area contributed by atoms with E-state index < -0.39 is 35.9 Å². The number of nitrogens with one attached hydrogen (secondary N) is 1. The Labute approximate surface area is 370 Å². The van der Waals surface area contributed by atoms with Gasteiger partial charge in [-0.1, -0.05) is 42.5 Å². The molecule has 326 valence electrons. The Morgan fingerprint density at radius 1 is 0.734 bits per heavy atom. The molecule has 0 bridgehead atoms. The summed E-state index contributed by atoms with van der Waals surface area (Å²) >= 11 is 0. The van der Waals surface area contributed by atoms with E-state index in [0.717, 1.165) is 5.56 Å². The molecule has 8 rings (SSSR count). The number of aromatic nitrogens is 8. The number of tetrazole rings is 1. The molecule has 17 nitrogen and oxygen atoms in total. The molecular weight excluding hydrogens is 857 g/mol. The lowest BCUT2D eigenvalue weighted by atomic mass is 9.98. The van der Waals surface area contributed by atoms with E-state index in [1.165, 1.54) is 35.3 Å². The summed E-state index contributed by atoms with van der Waals surface area (Å²) in [5.41, 5.74) is 3.69. The molecule has 0 amide bonds. The van der Waals surface area contributed by atoms with Gasteiger partial charge in [-0.2, -0.15) is 4.31 Å². The Morgan fingerprint density at radius 3 is 1.94 bits per heavy atom. The number of nitrogens with zero attached hydrogens (tertiary/aromatic N) is 9. The van der Waals surface area contributed by atoms with E-state index in [0.29, 0.717) is 51.1 Å². The van der Waals surface area contributed by atoms with Crippen molar-refractivity contribution in [2.75, 3.05) is 21.3 Å². The summed E-state index contributed by atoms with van der Waals surface area (Å²) in [7, 11) is -4.94. The average Bonchev–Trinajstić information content (AvgIpc) is 3.96. The van der Waals surface area contributed by atoms with Gasteiger partial charge in [-0.3, -0.25) is 9.38 Å². The maximum absolute atomic E-state index is 16.0. The molecule has 2 radical (unpaired) electrons. The standard InChI is InChI=1S/C45H42N10O7S2/c1-30(2)50-63(56,57)41-20-19-38(34-21-23-46-39(25-34)40-26-48-45-47-22-6-24-54(40)45)42(44-49-51-52-55(44)29-33-11-17-37(62-5)18-12-33)43(41)64(58,59)53(27-31-7-13-35(60-3)14-8-31)28-32-9-15-36(61-4)16-10-32/h6-26,30,50H,1-2,27-29H2,3-5H3. The molecule has 0 saturated heterocycles. The van der Waals surface area contributed by atoms with Crippen molar-refractivity contribution in [2.24, 2.45) is 0 Å². The van der Waals surface area contributed by atoms with Crippen molar-refractivity contribution in [3.05, 3.63) is 158 Å². The summed E-state index contributed by atoms with van der Waals surface area (Å²) in [5.74, 6) is 2.17. The molecule has 1 N–H and O–H groups in total. The average molecular weight is 899 g/mol. The van der Waals surface area contributed by atoms with Crippen molar-refractivity contribution >= 4 is 25.8 Å². The largest absolute Gasteiger partial charge is 0.497 e. The van der Waals surface area contributed by atoms with Crippen molar-refractivity contribution < 1.29 is 31.0 Å². The normalized spacial score (nSPS) is 12.0. The van der Waals surface area contributed by atoms with Gasteiger partial charge in [-0.05, 0) is 113 Å². The third-order valence-corrected chi connectivity index (χ3v) is 13.8. The van der Waals surface area contributed by atoms with Crippen LogP contribution in [0.5, 0.6) is 17.2 Å². The zero-order valence-corrected chi connectivity index (χ0v) is 36.6. The minimum Gasteiger partial charge on any atom is -0.497 e. The summed E-state index contributed by atoms with van der Waals surface area (Å²) in [4.78, 5) is 12.2. The van der Waals surface area contributed by atoms with Gasteiger partial charge in [0.1, 0.15) is 27.0 Å². The molecule has 19 heteroatoms. The SMILES string of the molecule is [CH2]C([CH2])NS(=O)(=O)c1ccc(-c2ccnc(-c3cnc4ncccn34)c2)c(-c2nnnn2Cc2ccc(OC)cc2)c1S(=O)(=O)N(Cc1ccc(OC)cc1)Cc1ccc(OC)cc1. The number of hydrogen-bond donors (Lipinski definition) is 1. The smallest absolute Gasteiger partial charge is 0.245 e. The highest BCUT2D eigenvalue weighted by Crippen LogP contribution is 2.42. The van der Waals surface area contributed by atoms with Gasteiger partial charge in [-0.15, -0.1) is 5.10 Å². The molecular formula is C45H42N10O7S2. The van der Waals surface area contributed by atoms with Gasteiger partial charge in [0.2, 0.25) is 25.8 Å². The Bertz CT molecular complexity index is 3090. The number of imidazole rings is 1. The zero-order valence-electron chi connectivity index (χ0n) is 34.9. The number of benzene rings is 4. The van der Waals surface area contributed by atoms with Crippen LogP contribution >= 0.6 is 0 Å². The number of hydrogen-bond acceptors (Lipinski definition) is 13. The van der Waals surface area contributed by atoms with Crippen LogP contribution in [0.15, 0.2) is 138 Å². The van der Waals surface area contributed by atoms with E-state index >= 15 is 8.42 Å². The zero-order chi connectivity index (χ0) is 45.0. The minimum absolute atomic E-state index is 0.0338. The number of pyridine rings is 1. The van der Waals surface area contributed by atoms with Crippen LogP contribution in [0.1, 0.15) is 16.7 Å². The van der Waals surface area contributed by atoms with Crippen LogP contribution in [0.25, 0.3) is 39.7 Å². The predicted molar refractivity (Wildman–Crippen MR) is 238 cm³/mol. The topological polar surface area (TPSA) is 198 Å². The molecule has 8 aromatic rings. The van der Waals surface area contributed by atoms with Crippen LogP contribution in [-0.2, 0) is 39.7 Å². The lowest BCUT2D eigenvalue weighted by Gasteiger charge is -2.27. The molecule has 0 aliphatic rings. The molecule has 4 heterocycles. The second-order valence-corrected chi connectivity index (χ2v) is 18.0. The third kappa shape index (κ3) is 9.04. The van der Waals surface area contributed by atoms with Crippen molar-refractivity contribution in [1.29, 1.82) is 0 Å². The van der Waals surface area contributed by atoms with Crippen LogP contribution < -0.4 is 18.9 Å². The van der Waals surface area contributed by atoms with E-state index in [1.54, 1.807) is 115 Å². The van der Waals surface area contributed by atoms with Gasteiger partial charge in [0.15, 0.2) is 5.82 Å². The highest BCUT2D eigenvalue weighted by atomic mass is 32.2. The summed E-state index contributed by atoms with van der Waals surface area (Å²) < 4.78 is 84.0. The maximum Gasteiger partial charge on any atom is 0.245 e. The monoisotopic (exact) mass is 898 g/mol. The first-order chi connectivity index (χ1) is 30.9. The van der Waals surface area contributed by atoms with Gasteiger partial charge in [0, 0.05) is 37.7 Å². The maximum atomic E-state index is 16.0. The lowest BCUT2D eigenvalue weighted by molar-refractivity contribution is 0.396. The minimum atomic E-state index is -4.90. The predicted octanol–water partition coefficient (Wildman–Crippen LogP) is 5.89. The first-order valence-electron chi connectivity index (χ1n) is 19.6. The molecule has 0 aliphatic carbocycles. The Balaban J connectivity index is 1.41. The molecule has 0 fully saturated rings. The first kappa shape index (κ1) is 43.6. The molecule has 0 unspecified atom stereocenters. The summed E-state index contributed by atoms with van der Waals surface area (Å²) in [5, 5.41) is 12.8. The van der Waals surface area contributed by atoms with Crippen LogP contribution in [-0.4, -0.2) is 88.1 Å². The van der Waals surface area contributed by atoms with Gasteiger partial charge >= 0.3 is 0 Å². The number of ether oxygens (including phenoxy) is 3. The van der Waals surface area contributed by atoms with Crippen molar-refractivity contribution in [2.45, 2.75) is 35.5 Å². The first-order valence-corrected chi connectivity index (χ1v) is 22.6. The Kier molecular flexibility index (Phi) is 12.5. The summed E-state index contributed by atoms with van der Waals surface area (Å²) in [6.07, 6.45) is 6.63. The second-order valence-electron chi connectivity index (χ2n) is 14.5. The lowest BCUT2D eigenvalue weighted by Crippen LogP contribution is -2.35. The quantitative estimate of drug-likeness (QED) is 0.114. The van der Waals surface area contributed by atoms with E-state index in [2.05, 4.69) is 49.0 Å². The molecule has 0 saturated carbocycles. The number of sulfonamides is 2.